The molecule has 0 aliphatic carbocycles. The minimum absolute atomic E-state index is 0.0333. The predicted octanol–water partition coefficient (Wildman–Crippen LogP) is 4.37. The minimum atomic E-state index is -0.492. The van der Waals surface area contributed by atoms with E-state index in [1.165, 1.54) is 6.07 Å². The van der Waals surface area contributed by atoms with E-state index in [1.807, 2.05) is 31.2 Å². The monoisotopic (exact) mass is 305 g/mol. The highest BCUT2D eigenvalue weighted by molar-refractivity contribution is 6.31. The first-order chi connectivity index (χ1) is 9.97. The quantitative estimate of drug-likeness (QED) is 0.834. The van der Waals surface area contributed by atoms with Crippen molar-refractivity contribution < 1.29 is 9.18 Å². The summed E-state index contributed by atoms with van der Waals surface area (Å²) in [4.78, 5) is 12.1. The fourth-order valence-corrected chi connectivity index (χ4v) is 2.45. The minimum Gasteiger partial charge on any atom is -0.399 e. The first kappa shape index (κ1) is 15.5. The van der Waals surface area contributed by atoms with Gasteiger partial charge in [-0.15, -0.1) is 0 Å². The molecule has 0 saturated carbocycles. The standard InChI is InChI=1S/C17H17ClFNO/c1-11(12-5-7-14(20)8-6-12)9-15(21)10-13-3-2-4-16(19)17(13)18/h2-8,11H,9-10,20H2,1H3. The Morgan fingerprint density at radius 1 is 1.24 bits per heavy atom. The summed E-state index contributed by atoms with van der Waals surface area (Å²) in [5, 5.41) is 0.0333. The molecule has 110 valence electrons. The van der Waals surface area contributed by atoms with E-state index in [2.05, 4.69) is 0 Å². The van der Waals surface area contributed by atoms with Crippen LogP contribution in [-0.4, -0.2) is 5.78 Å². The third-order valence-corrected chi connectivity index (χ3v) is 3.88. The van der Waals surface area contributed by atoms with Crippen LogP contribution in [0.3, 0.4) is 0 Å². The Balaban J connectivity index is 2.01. The number of rotatable bonds is 5. The lowest BCUT2D eigenvalue weighted by molar-refractivity contribution is -0.118. The van der Waals surface area contributed by atoms with Crippen molar-refractivity contribution in [1.82, 2.24) is 0 Å². The van der Waals surface area contributed by atoms with Gasteiger partial charge in [0.25, 0.3) is 0 Å². The molecule has 0 saturated heterocycles. The number of hydrogen-bond acceptors (Lipinski definition) is 2. The number of benzene rings is 2. The van der Waals surface area contributed by atoms with E-state index >= 15 is 0 Å². The van der Waals surface area contributed by atoms with E-state index in [0.717, 1.165) is 5.56 Å². The van der Waals surface area contributed by atoms with Crippen LogP contribution < -0.4 is 5.73 Å². The molecule has 0 aromatic heterocycles. The molecule has 1 unspecified atom stereocenters. The Morgan fingerprint density at radius 3 is 2.57 bits per heavy atom. The maximum atomic E-state index is 13.3. The number of halogens is 2. The van der Waals surface area contributed by atoms with E-state index in [-0.39, 0.29) is 23.1 Å². The van der Waals surface area contributed by atoms with Gasteiger partial charge < -0.3 is 5.73 Å². The van der Waals surface area contributed by atoms with Crippen molar-refractivity contribution in [1.29, 1.82) is 0 Å². The van der Waals surface area contributed by atoms with Crippen LogP contribution in [-0.2, 0) is 11.2 Å². The average molecular weight is 306 g/mol. The van der Waals surface area contributed by atoms with Gasteiger partial charge in [-0.1, -0.05) is 42.8 Å². The SMILES string of the molecule is CC(CC(=O)Cc1cccc(F)c1Cl)c1ccc(N)cc1. The van der Waals surface area contributed by atoms with Gasteiger partial charge in [-0.3, -0.25) is 4.79 Å². The number of anilines is 1. The third kappa shape index (κ3) is 4.05. The van der Waals surface area contributed by atoms with E-state index in [0.29, 0.717) is 17.7 Å². The summed E-state index contributed by atoms with van der Waals surface area (Å²) in [5.74, 6) is -0.370. The Kier molecular flexibility index (Phi) is 4.97. The highest BCUT2D eigenvalue weighted by atomic mass is 35.5. The molecule has 2 nitrogen and oxygen atoms in total. The van der Waals surface area contributed by atoms with Crippen molar-refractivity contribution in [3.05, 3.63) is 64.4 Å². The number of nitrogen functional groups attached to an aromatic ring is 1. The molecule has 0 heterocycles. The number of ketones is 1. The molecule has 2 rings (SSSR count). The van der Waals surface area contributed by atoms with Crippen LogP contribution in [0.4, 0.5) is 10.1 Å². The summed E-state index contributed by atoms with van der Waals surface area (Å²) in [6, 6.07) is 12.0. The third-order valence-electron chi connectivity index (χ3n) is 3.46. The molecule has 0 spiro atoms. The molecular weight excluding hydrogens is 289 g/mol. The first-order valence-corrected chi connectivity index (χ1v) is 7.15. The van der Waals surface area contributed by atoms with Gasteiger partial charge in [-0.25, -0.2) is 4.39 Å². The average Bonchev–Trinajstić information content (AvgIpc) is 2.44. The molecular formula is C17H17ClFNO. The van der Waals surface area contributed by atoms with Crippen molar-refractivity contribution in [2.75, 3.05) is 5.73 Å². The van der Waals surface area contributed by atoms with Crippen LogP contribution in [0.15, 0.2) is 42.5 Å². The van der Waals surface area contributed by atoms with Crippen LogP contribution in [0.25, 0.3) is 0 Å². The van der Waals surface area contributed by atoms with E-state index in [1.54, 1.807) is 12.1 Å². The molecule has 2 aromatic carbocycles. The summed E-state index contributed by atoms with van der Waals surface area (Å²) >= 11 is 5.87. The van der Waals surface area contributed by atoms with Gasteiger partial charge in [0, 0.05) is 18.5 Å². The fraction of sp³-hybridized carbons (Fsp3) is 0.235. The first-order valence-electron chi connectivity index (χ1n) is 6.77. The Morgan fingerprint density at radius 2 is 1.90 bits per heavy atom. The summed E-state index contributed by atoms with van der Waals surface area (Å²) < 4.78 is 13.3. The second-order valence-corrected chi connectivity index (χ2v) is 5.58. The lowest BCUT2D eigenvalue weighted by Crippen LogP contribution is -2.08. The van der Waals surface area contributed by atoms with Gasteiger partial charge in [-0.2, -0.15) is 0 Å². The lowest BCUT2D eigenvalue weighted by atomic mass is 9.93. The van der Waals surface area contributed by atoms with Crippen molar-refractivity contribution in [3.63, 3.8) is 0 Å². The molecule has 0 aliphatic rings. The van der Waals surface area contributed by atoms with Crippen LogP contribution >= 0.6 is 11.6 Å². The summed E-state index contributed by atoms with van der Waals surface area (Å²) in [6.07, 6.45) is 0.534. The molecule has 0 radical (unpaired) electrons. The highest BCUT2D eigenvalue weighted by Gasteiger charge is 2.14. The normalized spacial score (nSPS) is 12.1. The van der Waals surface area contributed by atoms with Gasteiger partial charge >= 0.3 is 0 Å². The summed E-state index contributed by atoms with van der Waals surface area (Å²) in [6.45, 7) is 1.98. The molecule has 0 bridgehead atoms. The van der Waals surface area contributed by atoms with E-state index in [9.17, 15) is 9.18 Å². The van der Waals surface area contributed by atoms with Crippen molar-refractivity contribution in [2.45, 2.75) is 25.7 Å². The lowest BCUT2D eigenvalue weighted by Gasteiger charge is -2.12. The molecule has 2 N–H and O–H groups in total. The largest absolute Gasteiger partial charge is 0.399 e. The smallest absolute Gasteiger partial charge is 0.142 e. The summed E-state index contributed by atoms with van der Waals surface area (Å²) in [7, 11) is 0. The second-order valence-electron chi connectivity index (χ2n) is 5.20. The van der Waals surface area contributed by atoms with Crippen LogP contribution in [0.5, 0.6) is 0 Å². The molecule has 0 amide bonds. The molecule has 4 heteroatoms. The topological polar surface area (TPSA) is 43.1 Å². The summed E-state index contributed by atoms with van der Waals surface area (Å²) in [5.41, 5.74) is 7.93. The zero-order valence-electron chi connectivity index (χ0n) is 11.8. The molecule has 2 aromatic rings. The molecule has 0 aliphatic heterocycles. The molecule has 0 fully saturated rings. The molecule has 21 heavy (non-hydrogen) atoms. The second kappa shape index (κ2) is 6.72. The van der Waals surface area contributed by atoms with Gasteiger partial charge in [0.2, 0.25) is 0 Å². The van der Waals surface area contributed by atoms with Gasteiger partial charge in [-0.05, 0) is 35.2 Å². The number of hydrogen-bond donors (Lipinski definition) is 1. The maximum absolute atomic E-state index is 13.3. The zero-order chi connectivity index (χ0) is 15.4. The van der Waals surface area contributed by atoms with Crippen molar-refractivity contribution in [3.8, 4) is 0 Å². The van der Waals surface area contributed by atoms with Crippen molar-refractivity contribution >= 4 is 23.1 Å². The van der Waals surface area contributed by atoms with E-state index < -0.39 is 5.82 Å². The maximum Gasteiger partial charge on any atom is 0.142 e. The molecule has 1 atom stereocenters. The van der Waals surface area contributed by atoms with Gasteiger partial charge in [0.15, 0.2) is 0 Å². The number of carbonyl (C=O) groups excluding carboxylic acids is 1. The Hall–Kier alpha value is -1.87. The zero-order valence-corrected chi connectivity index (χ0v) is 12.5. The van der Waals surface area contributed by atoms with Crippen molar-refractivity contribution in [2.24, 2.45) is 0 Å². The van der Waals surface area contributed by atoms with Crippen LogP contribution in [0.2, 0.25) is 5.02 Å². The predicted molar refractivity (Wildman–Crippen MR) is 84.0 cm³/mol. The fourth-order valence-electron chi connectivity index (χ4n) is 2.25. The van der Waals surface area contributed by atoms with Gasteiger partial charge in [0.05, 0.1) is 5.02 Å². The highest BCUT2D eigenvalue weighted by Crippen LogP contribution is 2.24. The van der Waals surface area contributed by atoms with Gasteiger partial charge in [0.1, 0.15) is 11.6 Å². The van der Waals surface area contributed by atoms with Crippen LogP contribution in [0.1, 0.15) is 30.4 Å². The Bertz CT molecular complexity index is 640. The number of nitrogens with two attached hydrogens (primary N) is 1. The van der Waals surface area contributed by atoms with Crippen LogP contribution in [0, 0.1) is 5.82 Å². The van der Waals surface area contributed by atoms with E-state index in [4.69, 9.17) is 17.3 Å². The number of Topliss-reactive ketones (excluding diaryl/α,β-unsaturated/α-hetero) is 1. The number of carbonyl (C=O) groups is 1. The Labute approximate surface area is 128 Å².